The molecule has 0 bridgehead atoms. The molecule has 1 aromatic rings. The number of thioether (sulfide) groups is 1. The lowest BCUT2D eigenvalue weighted by molar-refractivity contribution is -0.136. The fraction of sp³-hybridized carbons (Fsp3) is 0.385. The second-order valence-electron chi connectivity index (χ2n) is 3.64. The van der Waals surface area contributed by atoms with Gasteiger partial charge in [-0.1, -0.05) is 19.1 Å². The largest absolute Gasteiger partial charge is 0.349 e. The molecule has 1 aromatic carbocycles. The molecule has 0 saturated heterocycles. The second-order valence-corrected chi connectivity index (χ2v) is 4.98. The minimum Gasteiger partial charge on any atom is -0.349 e. The lowest BCUT2D eigenvalue weighted by Gasteiger charge is -2.04. The van der Waals surface area contributed by atoms with Crippen LogP contribution in [0.15, 0.2) is 29.2 Å². The zero-order valence-corrected chi connectivity index (χ0v) is 11.0. The number of nitrogens with one attached hydrogen (secondary N) is 1. The molecule has 0 aliphatic heterocycles. The van der Waals surface area contributed by atoms with Crippen LogP contribution in [-0.4, -0.2) is 24.0 Å². The number of ketones is 1. The van der Waals surface area contributed by atoms with Gasteiger partial charge in [0.05, 0.1) is 0 Å². The maximum atomic E-state index is 11.0. The highest BCUT2D eigenvalue weighted by Crippen LogP contribution is 2.17. The fourth-order valence-electron chi connectivity index (χ4n) is 1.36. The van der Waals surface area contributed by atoms with E-state index in [-0.39, 0.29) is 0 Å². The fourth-order valence-corrected chi connectivity index (χ4v) is 2.03. The van der Waals surface area contributed by atoms with E-state index in [1.165, 1.54) is 11.8 Å². The standard InChI is InChI=1S/C13H17NO2S/c1-3-17-12-6-4-11(5-7-12)8-9-14-13(16)10(2)15/h4-7H,3,8-9H2,1-2H3,(H,14,16). The molecule has 1 amide bonds. The Morgan fingerprint density at radius 2 is 1.88 bits per heavy atom. The van der Waals surface area contributed by atoms with Crippen molar-refractivity contribution in [3.63, 3.8) is 0 Å². The zero-order chi connectivity index (χ0) is 12.7. The first kappa shape index (κ1) is 13.8. The smallest absolute Gasteiger partial charge is 0.287 e. The van der Waals surface area contributed by atoms with Crippen molar-refractivity contribution >= 4 is 23.5 Å². The van der Waals surface area contributed by atoms with Crippen LogP contribution in [0.3, 0.4) is 0 Å². The van der Waals surface area contributed by atoms with Gasteiger partial charge in [0, 0.05) is 18.4 Å². The lowest BCUT2D eigenvalue weighted by atomic mass is 10.1. The normalized spacial score (nSPS) is 10.0. The molecule has 0 aliphatic carbocycles. The molecule has 1 N–H and O–H groups in total. The van der Waals surface area contributed by atoms with Crippen molar-refractivity contribution in [2.24, 2.45) is 0 Å². The van der Waals surface area contributed by atoms with Crippen LogP contribution in [0.5, 0.6) is 0 Å². The van der Waals surface area contributed by atoms with Crippen LogP contribution in [0.25, 0.3) is 0 Å². The molecule has 0 fully saturated rings. The van der Waals surface area contributed by atoms with Crippen molar-refractivity contribution in [3.05, 3.63) is 29.8 Å². The summed E-state index contributed by atoms with van der Waals surface area (Å²) < 4.78 is 0. The Hall–Kier alpha value is -1.29. The molecule has 0 saturated carbocycles. The lowest BCUT2D eigenvalue weighted by Crippen LogP contribution is -2.30. The number of hydrogen-bond acceptors (Lipinski definition) is 3. The van der Waals surface area contributed by atoms with Gasteiger partial charge in [0.1, 0.15) is 0 Å². The van der Waals surface area contributed by atoms with Crippen LogP contribution in [0.4, 0.5) is 0 Å². The third kappa shape index (κ3) is 5.04. The minimum atomic E-state index is -0.511. The van der Waals surface area contributed by atoms with Crippen molar-refractivity contribution < 1.29 is 9.59 Å². The molecule has 0 radical (unpaired) electrons. The number of hydrogen-bond donors (Lipinski definition) is 1. The summed E-state index contributed by atoms with van der Waals surface area (Å²) in [5.41, 5.74) is 1.16. The first-order valence-electron chi connectivity index (χ1n) is 5.64. The maximum absolute atomic E-state index is 11.0. The monoisotopic (exact) mass is 251 g/mol. The molecule has 3 nitrogen and oxygen atoms in total. The van der Waals surface area contributed by atoms with E-state index in [1.807, 2.05) is 0 Å². The third-order valence-corrected chi connectivity index (χ3v) is 3.15. The Kier molecular flexibility index (Phi) is 5.77. The predicted octanol–water partition coefficient (Wildman–Crippen LogP) is 2.05. The number of benzene rings is 1. The van der Waals surface area contributed by atoms with E-state index in [9.17, 15) is 9.59 Å². The van der Waals surface area contributed by atoms with Crippen LogP contribution < -0.4 is 5.32 Å². The van der Waals surface area contributed by atoms with Gasteiger partial charge in [0.15, 0.2) is 0 Å². The Bertz CT molecular complexity index is 387. The molecule has 0 atom stereocenters. The van der Waals surface area contributed by atoms with Gasteiger partial charge in [0.25, 0.3) is 5.91 Å². The summed E-state index contributed by atoms with van der Waals surface area (Å²) in [5.74, 6) is 0.108. The van der Waals surface area contributed by atoms with Gasteiger partial charge in [-0.15, -0.1) is 11.8 Å². The molecule has 4 heteroatoms. The third-order valence-electron chi connectivity index (χ3n) is 2.25. The van der Waals surface area contributed by atoms with Crippen LogP contribution in [0, 0.1) is 0 Å². The number of amides is 1. The molecule has 0 aromatic heterocycles. The molecule has 92 valence electrons. The van der Waals surface area contributed by atoms with Crippen LogP contribution >= 0.6 is 11.8 Å². The van der Waals surface area contributed by atoms with Crippen molar-refractivity contribution in [3.8, 4) is 0 Å². The Balaban J connectivity index is 2.37. The summed E-state index contributed by atoms with van der Waals surface area (Å²) >= 11 is 1.80. The second kappa shape index (κ2) is 7.12. The first-order valence-corrected chi connectivity index (χ1v) is 6.62. The van der Waals surface area contributed by atoms with Gasteiger partial charge < -0.3 is 5.32 Å². The number of carbonyl (C=O) groups is 2. The van der Waals surface area contributed by atoms with E-state index in [1.54, 1.807) is 11.8 Å². The van der Waals surface area contributed by atoms with Crippen LogP contribution in [0.2, 0.25) is 0 Å². The van der Waals surface area contributed by atoms with Crippen LogP contribution in [0.1, 0.15) is 19.4 Å². The molecule has 0 spiro atoms. The van der Waals surface area contributed by atoms with Crippen LogP contribution in [-0.2, 0) is 16.0 Å². The summed E-state index contributed by atoms with van der Waals surface area (Å²) in [4.78, 5) is 22.9. The molecule has 0 aliphatic rings. The molecule has 0 heterocycles. The molecular weight excluding hydrogens is 234 g/mol. The highest BCUT2D eigenvalue weighted by atomic mass is 32.2. The number of Topliss-reactive ketones (excluding diaryl/α,β-unsaturated/α-hetero) is 1. The van der Waals surface area contributed by atoms with Crippen molar-refractivity contribution in [1.29, 1.82) is 0 Å². The summed E-state index contributed by atoms with van der Waals surface area (Å²) in [5, 5.41) is 2.58. The van der Waals surface area contributed by atoms with E-state index < -0.39 is 11.7 Å². The summed E-state index contributed by atoms with van der Waals surface area (Å²) in [6.45, 7) is 3.89. The average Bonchev–Trinajstić information content (AvgIpc) is 2.31. The van der Waals surface area contributed by atoms with Crippen molar-refractivity contribution in [2.75, 3.05) is 12.3 Å². The van der Waals surface area contributed by atoms with Gasteiger partial charge in [-0.05, 0) is 29.9 Å². The van der Waals surface area contributed by atoms with Crippen molar-refractivity contribution in [1.82, 2.24) is 5.32 Å². The molecular formula is C13H17NO2S. The highest BCUT2D eigenvalue weighted by molar-refractivity contribution is 7.99. The molecule has 0 unspecified atom stereocenters. The van der Waals surface area contributed by atoms with E-state index in [0.717, 1.165) is 17.7 Å². The topological polar surface area (TPSA) is 46.2 Å². The first-order chi connectivity index (χ1) is 8.13. The SMILES string of the molecule is CCSc1ccc(CCNC(=O)C(C)=O)cc1. The van der Waals surface area contributed by atoms with E-state index in [2.05, 4.69) is 36.5 Å². The Morgan fingerprint density at radius 1 is 1.24 bits per heavy atom. The van der Waals surface area contributed by atoms with Gasteiger partial charge in [-0.3, -0.25) is 9.59 Å². The van der Waals surface area contributed by atoms with E-state index in [0.29, 0.717) is 6.54 Å². The highest BCUT2D eigenvalue weighted by Gasteiger charge is 2.05. The van der Waals surface area contributed by atoms with Gasteiger partial charge in [-0.25, -0.2) is 0 Å². The van der Waals surface area contributed by atoms with E-state index >= 15 is 0 Å². The summed E-state index contributed by atoms with van der Waals surface area (Å²) in [6.07, 6.45) is 0.746. The average molecular weight is 251 g/mol. The minimum absolute atomic E-state index is 0.445. The summed E-state index contributed by atoms with van der Waals surface area (Å²) in [7, 11) is 0. The predicted molar refractivity (Wildman–Crippen MR) is 70.2 cm³/mol. The number of carbonyl (C=O) groups excluding carboxylic acids is 2. The van der Waals surface area contributed by atoms with Crippen molar-refractivity contribution in [2.45, 2.75) is 25.2 Å². The molecule has 1 rings (SSSR count). The summed E-state index contributed by atoms with van der Waals surface area (Å²) in [6, 6.07) is 8.27. The van der Waals surface area contributed by atoms with E-state index in [4.69, 9.17) is 0 Å². The van der Waals surface area contributed by atoms with Gasteiger partial charge in [-0.2, -0.15) is 0 Å². The maximum Gasteiger partial charge on any atom is 0.287 e. The quantitative estimate of drug-likeness (QED) is 0.621. The zero-order valence-electron chi connectivity index (χ0n) is 10.2. The Labute approximate surface area is 106 Å². The number of rotatable bonds is 6. The Morgan fingerprint density at radius 3 is 2.41 bits per heavy atom. The van der Waals surface area contributed by atoms with Gasteiger partial charge in [0.2, 0.25) is 5.78 Å². The van der Waals surface area contributed by atoms with Gasteiger partial charge >= 0.3 is 0 Å². The molecule has 17 heavy (non-hydrogen) atoms.